The summed E-state index contributed by atoms with van der Waals surface area (Å²) in [5.74, 6) is 0.109. The molecule has 1 N–H and O–H groups in total. The van der Waals surface area contributed by atoms with Gasteiger partial charge in [0, 0.05) is 44.2 Å². The molecule has 3 aromatic rings. The first-order chi connectivity index (χ1) is 17.1. The first kappa shape index (κ1) is 25.0. The number of alkyl halides is 3. The van der Waals surface area contributed by atoms with Crippen molar-refractivity contribution in [1.29, 1.82) is 0 Å². The van der Waals surface area contributed by atoms with Crippen LogP contribution in [0.25, 0.3) is 0 Å². The Kier molecular flexibility index (Phi) is 6.46. The number of nitrogens with zero attached hydrogens (tertiary/aromatic N) is 3. The first-order valence-electron chi connectivity index (χ1n) is 12.1. The monoisotopic (exact) mass is 518 g/mol. The number of rotatable bonds is 7. The number of nitrogens with one attached hydrogen (secondary N) is 1. The smallest absolute Gasteiger partial charge is 0.339 e. The standard InChI is InChI=1S/C26H29F3N4O2S/c1-3-30-24-12-19-8-7-18(20-13-33(14-20)36(34,35)25-15-32(2)16-31-25)11-22(19)23(24)10-17-5-4-6-21(9-17)26(27,28)29/h4-9,11,15-16,20,23-24,30H,3,10,12-14H2,1-2H3. The van der Waals surface area contributed by atoms with E-state index in [-0.39, 0.29) is 22.9 Å². The molecule has 0 saturated carbocycles. The normalized spacial score (nSPS) is 20.9. The van der Waals surface area contributed by atoms with Gasteiger partial charge < -0.3 is 9.88 Å². The van der Waals surface area contributed by atoms with E-state index in [1.54, 1.807) is 17.7 Å². The van der Waals surface area contributed by atoms with Gasteiger partial charge in [-0.2, -0.15) is 17.5 Å². The minimum atomic E-state index is -4.37. The molecular formula is C26H29F3N4O2S. The number of fused-ring (bicyclic) bond motifs is 1. The average molecular weight is 519 g/mol. The number of benzene rings is 2. The third-order valence-corrected chi connectivity index (χ3v) is 8.99. The summed E-state index contributed by atoms with van der Waals surface area (Å²) in [6.07, 6.45) is -0.0857. The maximum absolute atomic E-state index is 13.3. The summed E-state index contributed by atoms with van der Waals surface area (Å²) in [7, 11) is -1.89. The third kappa shape index (κ3) is 4.69. The first-order valence-corrected chi connectivity index (χ1v) is 13.5. The molecule has 10 heteroatoms. The van der Waals surface area contributed by atoms with E-state index >= 15 is 0 Å². The zero-order valence-electron chi connectivity index (χ0n) is 20.2. The lowest BCUT2D eigenvalue weighted by Crippen LogP contribution is -2.48. The number of hydrogen-bond acceptors (Lipinski definition) is 4. The fourth-order valence-electron chi connectivity index (χ4n) is 5.35. The highest BCUT2D eigenvalue weighted by Crippen LogP contribution is 2.40. The zero-order valence-corrected chi connectivity index (χ0v) is 21.0. The molecule has 2 heterocycles. The van der Waals surface area contributed by atoms with Crippen LogP contribution >= 0.6 is 0 Å². The van der Waals surface area contributed by atoms with Gasteiger partial charge in [0.25, 0.3) is 10.0 Å². The lowest BCUT2D eigenvalue weighted by atomic mass is 9.86. The minimum Gasteiger partial charge on any atom is -0.339 e. The maximum atomic E-state index is 13.3. The summed E-state index contributed by atoms with van der Waals surface area (Å²) in [5, 5.41) is 3.56. The summed E-state index contributed by atoms with van der Waals surface area (Å²) < 4.78 is 68.5. The molecule has 1 aromatic heterocycles. The number of likely N-dealkylation sites (N-methyl/N-ethyl adjacent to an activating group) is 1. The Morgan fingerprint density at radius 3 is 2.58 bits per heavy atom. The molecule has 2 aliphatic rings. The Bertz CT molecular complexity index is 1360. The van der Waals surface area contributed by atoms with Crippen molar-refractivity contribution in [1.82, 2.24) is 19.2 Å². The molecule has 6 nitrogen and oxygen atoms in total. The predicted molar refractivity (Wildman–Crippen MR) is 130 cm³/mol. The minimum absolute atomic E-state index is 0.0387. The molecule has 1 fully saturated rings. The molecule has 36 heavy (non-hydrogen) atoms. The molecule has 2 unspecified atom stereocenters. The number of hydrogen-bond donors (Lipinski definition) is 1. The molecule has 1 aliphatic heterocycles. The highest BCUT2D eigenvalue weighted by molar-refractivity contribution is 7.89. The number of aromatic nitrogens is 2. The van der Waals surface area contributed by atoms with E-state index in [0.717, 1.165) is 30.2 Å². The number of imidazole rings is 1. The highest BCUT2D eigenvalue weighted by Gasteiger charge is 2.40. The van der Waals surface area contributed by atoms with E-state index in [4.69, 9.17) is 0 Å². The summed E-state index contributed by atoms with van der Waals surface area (Å²) in [6.45, 7) is 3.56. The van der Waals surface area contributed by atoms with Crippen LogP contribution in [0.2, 0.25) is 0 Å². The molecule has 2 atom stereocenters. The van der Waals surface area contributed by atoms with Crippen molar-refractivity contribution in [2.45, 2.75) is 48.8 Å². The maximum Gasteiger partial charge on any atom is 0.416 e. The van der Waals surface area contributed by atoms with E-state index in [1.807, 2.05) is 6.92 Å². The van der Waals surface area contributed by atoms with Gasteiger partial charge in [-0.15, -0.1) is 0 Å². The molecule has 0 amide bonds. The molecule has 0 spiro atoms. The van der Waals surface area contributed by atoms with Gasteiger partial charge >= 0.3 is 6.18 Å². The summed E-state index contributed by atoms with van der Waals surface area (Å²) >= 11 is 0. The zero-order chi connectivity index (χ0) is 25.7. The van der Waals surface area contributed by atoms with Gasteiger partial charge in [-0.1, -0.05) is 43.3 Å². The van der Waals surface area contributed by atoms with Gasteiger partial charge in [0.2, 0.25) is 0 Å². The van der Waals surface area contributed by atoms with Crippen LogP contribution in [0.1, 0.15) is 46.6 Å². The fraction of sp³-hybridized carbons (Fsp3) is 0.423. The second kappa shape index (κ2) is 9.32. The molecule has 1 saturated heterocycles. The van der Waals surface area contributed by atoms with Gasteiger partial charge in [0.15, 0.2) is 5.03 Å². The van der Waals surface area contributed by atoms with E-state index < -0.39 is 21.8 Å². The van der Waals surface area contributed by atoms with Crippen LogP contribution in [0.15, 0.2) is 60.0 Å². The van der Waals surface area contributed by atoms with Gasteiger partial charge in [-0.25, -0.2) is 13.4 Å². The quantitative estimate of drug-likeness (QED) is 0.512. The van der Waals surface area contributed by atoms with Crippen molar-refractivity contribution in [3.8, 4) is 0 Å². The van der Waals surface area contributed by atoms with E-state index in [0.29, 0.717) is 25.1 Å². The number of halogens is 3. The topological polar surface area (TPSA) is 67.2 Å². The average Bonchev–Trinajstić information content (AvgIpc) is 3.37. The Balaban J connectivity index is 1.36. The molecule has 192 valence electrons. The summed E-state index contributed by atoms with van der Waals surface area (Å²) in [4.78, 5) is 3.99. The van der Waals surface area contributed by atoms with Gasteiger partial charge in [0.05, 0.1) is 11.9 Å². The predicted octanol–water partition coefficient (Wildman–Crippen LogP) is 4.09. The van der Waals surface area contributed by atoms with Crippen LogP contribution in [-0.4, -0.2) is 48.0 Å². The second-order valence-corrected chi connectivity index (χ2v) is 11.6. The molecular weight excluding hydrogens is 489 g/mol. The Morgan fingerprint density at radius 2 is 1.92 bits per heavy atom. The van der Waals surface area contributed by atoms with Crippen molar-refractivity contribution in [3.63, 3.8) is 0 Å². The third-order valence-electron chi connectivity index (χ3n) is 7.28. The van der Waals surface area contributed by atoms with Crippen LogP contribution in [0.3, 0.4) is 0 Å². The van der Waals surface area contributed by atoms with Crippen molar-refractivity contribution in [3.05, 3.63) is 82.8 Å². The highest BCUT2D eigenvalue weighted by atomic mass is 32.2. The van der Waals surface area contributed by atoms with Crippen LogP contribution < -0.4 is 5.32 Å². The van der Waals surface area contributed by atoms with Crippen LogP contribution in [-0.2, 0) is 36.1 Å². The largest absolute Gasteiger partial charge is 0.416 e. The van der Waals surface area contributed by atoms with Crippen molar-refractivity contribution in [2.24, 2.45) is 7.05 Å². The van der Waals surface area contributed by atoms with Crippen molar-refractivity contribution >= 4 is 10.0 Å². The SMILES string of the molecule is CCNC1Cc2ccc(C3CN(S(=O)(=O)c4cn(C)cn4)C3)cc2C1Cc1cccc(C(F)(F)F)c1. The van der Waals surface area contributed by atoms with Crippen LogP contribution in [0.5, 0.6) is 0 Å². The van der Waals surface area contributed by atoms with E-state index in [2.05, 4.69) is 28.5 Å². The van der Waals surface area contributed by atoms with Crippen molar-refractivity contribution < 1.29 is 21.6 Å². The lowest BCUT2D eigenvalue weighted by Gasteiger charge is -2.38. The summed E-state index contributed by atoms with van der Waals surface area (Å²) in [5.41, 5.74) is 3.43. The van der Waals surface area contributed by atoms with Gasteiger partial charge in [0.1, 0.15) is 0 Å². The Labute approximate surface area is 209 Å². The van der Waals surface area contributed by atoms with Crippen molar-refractivity contribution in [2.75, 3.05) is 19.6 Å². The van der Waals surface area contributed by atoms with Crippen LogP contribution in [0.4, 0.5) is 13.2 Å². The molecule has 5 rings (SSSR count). The second-order valence-electron chi connectivity index (χ2n) is 9.73. The van der Waals surface area contributed by atoms with E-state index in [1.165, 1.54) is 34.5 Å². The molecule has 2 aromatic carbocycles. The number of sulfonamides is 1. The lowest BCUT2D eigenvalue weighted by molar-refractivity contribution is -0.137. The fourth-order valence-corrected chi connectivity index (χ4v) is 6.85. The summed E-state index contributed by atoms with van der Waals surface area (Å²) in [6, 6.07) is 12.0. The number of aryl methyl sites for hydroxylation is 1. The Morgan fingerprint density at radius 1 is 1.14 bits per heavy atom. The van der Waals surface area contributed by atoms with Gasteiger partial charge in [-0.3, -0.25) is 0 Å². The Hall–Kier alpha value is -2.69. The van der Waals surface area contributed by atoms with Crippen LogP contribution in [0, 0.1) is 0 Å². The van der Waals surface area contributed by atoms with Gasteiger partial charge in [-0.05, 0) is 47.7 Å². The van der Waals surface area contributed by atoms with E-state index in [9.17, 15) is 21.6 Å². The molecule has 1 aliphatic carbocycles. The molecule has 0 radical (unpaired) electrons. The molecule has 0 bridgehead atoms.